The number of aryl methyl sites for hydroxylation is 1. The molecule has 0 radical (unpaired) electrons. The molecule has 0 fully saturated rings. The van der Waals surface area contributed by atoms with Crippen molar-refractivity contribution in [1.82, 2.24) is 14.9 Å². The smallest absolute Gasteiger partial charge is 0.0772 e. The Bertz CT molecular complexity index is 436. The van der Waals surface area contributed by atoms with Gasteiger partial charge in [-0.25, -0.2) is 0 Å². The van der Waals surface area contributed by atoms with E-state index in [1.54, 1.807) is 0 Å². The van der Waals surface area contributed by atoms with E-state index in [0.717, 1.165) is 25.1 Å². The van der Waals surface area contributed by atoms with Gasteiger partial charge in [0.25, 0.3) is 0 Å². The standard InChI is InChI=1S/C12H17N3S2/c1-3-6-13-11(8-10-5-4-7-16-10)12-9(2)14-15-17-12/h4-5,7,11,13H,3,6,8H2,1-2H3. The lowest BCUT2D eigenvalue weighted by atomic mass is 10.1. The number of hydrogen-bond acceptors (Lipinski definition) is 5. The number of rotatable bonds is 6. The van der Waals surface area contributed by atoms with Gasteiger partial charge in [-0.3, -0.25) is 0 Å². The molecule has 0 aromatic carbocycles. The molecule has 17 heavy (non-hydrogen) atoms. The summed E-state index contributed by atoms with van der Waals surface area (Å²) in [5.74, 6) is 0. The van der Waals surface area contributed by atoms with Crippen LogP contribution in [0.5, 0.6) is 0 Å². The van der Waals surface area contributed by atoms with Crippen molar-refractivity contribution in [2.24, 2.45) is 0 Å². The van der Waals surface area contributed by atoms with Crippen LogP contribution in [-0.2, 0) is 6.42 Å². The molecule has 0 aliphatic heterocycles. The van der Waals surface area contributed by atoms with Crippen molar-refractivity contribution in [3.05, 3.63) is 33.0 Å². The van der Waals surface area contributed by atoms with Crippen LogP contribution in [0.4, 0.5) is 0 Å². The molecule has 1 unspecified atom stereocenters. The van der Waals surface area contributed by atoms with Gasteiger partial charge in [0.1, 0.15) is 0 Å². The lowest BCUT2D eigenvalue weighted by Gasteiger charge is -2.16. The third-order valence-corrected chi connectivity index (χ3v) is 4.47. The third kappa shape index (κ3) is 3.34. The van der Waals surface area contributed by atoms with Crippen molar-refractivity contribution in [2.75, 3.05) is 6.54 Å². The summed E-state index contributed by atoms with van der Waals surface area (Å²) >= 11 is 3.32. The summed E-state index contributed by atoms with van der Waals surface area (Å²) in [6.07, 6.45) is 2.18. The average Bonchev–Trinajstić information content (AvgIpc) is 2.95. The van der Waals surface area contributed by atoms with Crippen LogP contribution in [0.15, 0.2) is 17.5 Å². The molecule has 5 heteroatoms. The summed E-state index contributed by atoms with van der Waals surface area (Å²) in [4.78, 5) is 2.68. The van der Waals surface area contributed by atoms with Crippen molar-refractivity contribution in [1.29, 1.82) is 0 Å². The number of hydrogen-bond donors (Lipinski definition) is 1. The van der Waals surface area contributed by atoms with E-state index in [-0.39, 0.29) is 0 Å². The zero-order valence-corrected chi connectivity index (χ0v) is 11.8. The maximum Gasteiger partial charge on any atom is 0.0772 e. The zero-order valence-electron chi connectivity index (χ0n) is 10.1. The summed E-state index contributed by atoms with van der Waals surface area (Å²) in [6.45, 7) is 5.26. The maximum atomic E-state index is 4.11. The van der Waals surface area contributed by atoms with Gasteiger partial charge in [-0.1, -0.05) is 17.5 Å². The SMILES string of the molecule is CCCNC(Cc1cccs1)c1snnc1C. The minimum atomic E-state index is 0.355. The van der Waals surface area contributed by atoms with Crippen LogP contribution >= 0.6 is 22.9 Å². The van der Waals surface area contributed by atoms with E-state index in [4.69, 9.17) is 0 Å². The number of thiophene rings is 1. The Kier molecular flexibility index (Phi) is 4.65. The lowest BCUT2D eigenvalue weighted by Crippen LogP contribution is -2.23. The van der Waals surface area contributed by atoms with Crippen LogP contribution in [-0.4, -0.2) is 16.1 Å². The molecule has 0 saturated heterocycles. The lowest BCUT2D eigenvalue weighted by molar-refractivity contribution is 0.536. The molecule has 2 aromatic heterocycles. The molecular weight excluding hydrogens is 250 g/mol. The van der Waals surface area contributed by atoms with E-state index >= 15 is 0 Å². The van der Waals surface area contributed by atoms with Crippen LogP contribution in [0.1, 0.15) is 34.8 Å². The Morgan fingerprint density at radius 1 is 1.47 bits per heavy atom. The second-order valence-electron chi connectivity index (χ2n) is 4.01. The fraction of sp³-hybridized carbons (Fsp3) is 0.500. The molecule has 0 saturated carbocycles. The molecule has 1 atom stereocenters. The Hall–Kier alpha value is -0.780. The van der Waals surface area contributed by atoms with Crippen LogP contribution in [0.2, 0.25) is 0 Å². The van der Waals surface area contributed by atoms with Gasteiger partial charge >= 0.3 is 0 Å². The normalized spacial score (nSPS) is 12.8. The first-order valence-corrected chi connectivity index (χ1v) is 7.51. The highest BCUT2D eigenvalue weighted by molar-refractivity contribution is 7.10. The van der Waals surface area contributed by atoms with Crippen molar-refractivity contribution in [2.45, 2.75) is 32.7 Å². The highest BCUT2D eigenvalue weighted by atomic mass is 32.1. The summed E-state index contributed by atoms with van der Waals surface area (Å²) in [6, 6.07) is 4.65. The van der Waals surface area contributed by atoms with E-state index in [0.29, 0.717) is 6.04 Å². The maximum absolute atomic E-state index is 4.11. The van der Waals surface area contributed by atoms with Crippen molar-refractivity contribution >= 4 is 22.9 Å². The second kappa shape index (κ2) is 6.23. The molecule has 2 aromatic rings. The Morgan fingerprint density at radius 3 is 2.94 bits per heavy atom. The first kappa shape index (κ1) is 12.7. The van der Waals surface area contributed by atoms with Crippen LogP contribution in [0.25, 0.3) is 0 Å². The molecule has 3 nitrogen and oxygen atoms in total. The molecule has 0 spiro atoms. The fourth-order valence-corrected chi connectivity index (χ4v) is 3.23. The quantitative estimate of drug-likeness (QED) is 0.873. The summed E-state index contributed by atoms with van der Waals surface area (Å²) < 4.78 is 4.04. The van der Waals surface area contributed by atoms with Crippen molar-refractivity contribution in [3.63, 3.8) is 0 Å². The Balaban J connectivity index is 2.11. The van der Waals surface area contributed by atoms with Crippen molar-refractivity contribution < 1.29 is 0 Å². The van der Waals surface area contributed by atoms with Gasteiger partial charge < -0.3 is 5.32 Å². The molecule has 1 N–H and O–H groups in total. The minimum absolute atomic E-state index is 0.355. The predicted octanol–water partition coefficient (Wildman–Crippen LogP) is 3.19. The highest BCUT2D eigenvalue weighted by Crippen LogP contribution is 2.25. The van der Waals surface area contributed by atoms with Gasteiger partial charge in [0.05, 0.1) is 10.6 Å². The molecule has 0 aliphatic rings. The molecule has 92 valence electrons. The largest absolute Gasteiger partial charge is 0.309 e. The van der Waals surface area contributed by atoms with Gasteiger partial charge in [-0.15, -0.1) is 16.4 Å². The van der Waals surface area contributed by atoms with Crippen LogP contribution < -0.4 is 5.32 Å². The van der Waals surface area contributed by atoms with E-state index < -0.39 is 0 Å². The molecular formula is C12H17N3S2. The highest BCUT2D eigenvalue weighted by Gasteiger charge is 2.17. The van der Waals surface area contributed by atoms with Gasteiger partial charge in [0, 0.05) is 17.3 Å². The van der Waals surface area contributed by atoms with Gasteiger partial charge in [0.15, 0.2) is 0 Å². The van der Waals surface area contributed by atoms with Crippen LogP contribution in [0, 0.1) is 6.92 Å². The van der Waals surface area contributed by atoms with Gasteiger partial charge in [-0.2, -0.15) is 0 Å². The first-order valence-electron chi connectivity index (χ1n) is 5.86. The van der Waals surface area contributed by atoms with E-state index in [9.17, 15) is 0 Å². The van der Waals surface area contributed by atoms with E-state index in [1.165, 1.54) is 21.3 Å². The molecule has 0 amide bonds. The molecule has 2 rings (SSSR count). The minimum Gasteiger partial charge on any atom is -0.309 e. The van der Waals surface area contributed by atoms with E-state index in [2.05, 4.69) is 39.3 Å². The number of nitrogens with one attached hydrogen (secondary N) is 1. The summed E-state index contributed by atoms with van der Waals surface area (Å²) in [5.41, 5.74) is 1.06. The summed E-state index contributed by atoms with van der Waals surface area (Å²) in [7, 11) is 0. The Labute approximate surface area is 110 Å². The van der Waals surface area contributed by atoms with E-state index in [1.807, 2.05) is 18.3 Å². The first-order chi connectivity index (χ1) is 8.31. The molecule has 0 bridgehead atoms. The molecule has 0 aliphatic carbocycles. The third-order valence-electron chi connectivity index (χ3n) is 2.63. The van der Waals surface area contributed by atoms with Gasteiger partial charge in [-0.05, 0) is 42.9 Å². The monoisotopic (exact) mass is 267 g/mol. The Morgan fingerprint density at radius 2 is 2.35 bits per heavy atom. The van der Waals surface area contributed by atoms with Crippen LogP contribution in [0.3, 0.4) is 0 Å². The number of nitrogens with zero attached hydrogens (tertiary/aromatic N) is 2. The number of aromatic nitrogens is 2. The van der Waals surface area contributed by atoms with Gasteiger partial charge in [0.2, 0.25) is 0 Å². The topological polar surface area (TPSA) is 37.8 Å². The molecule has 2 heterocycles. The second-order valence-corrected chi connectivity index (χ2v) is 5.83. The fourth-order valence-electron chi connectivity index (χ4n) is 1.76. The average molecular weight is 267 g/mol. The van der Waals surface area contributed by atoms with Crippen molar-refractivity contribution in [3.8, 4) is 0 Å². The predicted molar refractivity (Wildman–Crippen MR) is 73.7 cm³/mol. The summed E-state index contributed by atoms with van der Waals surface area (Å²) in [5, 5.41) is 9.82. The zero-order chi connectivity index (χ0) is 12.1.